The molecule has 0 saturated carbocycles. The fourth-order valence-corrected chi connectivity index (χ4v) is 4.16. The minimum Gasteiger partial charge on any atom is -0.367 e. The molecule has 2 aliphatic rings. The number of likely N-dealkylation sites (tertiary alicyclic amines) is 1. The van der Waals surface area contributed by atoms with Crippen molar-refractivity contribution in [3.05, 3.63) is 42.0 Å². The van der Waals surface area contributed by atoms with Crippen molar-refractivity contribution in [2.45, 2.75) is 51.5 Å². The van der Waals surface area contributed by atoms with Crippen molar-refractivity contribution in [2.75, 3.05) is 36.4 Å². The van der Waals surface area contributed by atoms with Gasteiger partial charge >= 0.3 is 0 Å². The zero-order valence-electron chi connectivity index (χ0n) is 17.2. The summed E-state index contributed by atoms with van der Waals surface area (Å²) in [6.45, 7) is 5.67. The van der Waals surface area contributed by atoms with Gasteiger partial charge in [-0.05, 0) is 50.7 Å². The molecule has 0 aromatic carbocycles. The Morgan fingerprint density at radius 3 is 2.66 bits per heavy atom. The molecule has 7 nitrogen and oxygen atoms in total. The summed E-state index contributed by atoms with van der Waals surface area (Å²) in [5.74, 6) is 1.83. The standard InChI is InChI=1S/C22H30N6O/c1-2-17-15-20(25-16-24-17)27-13-8-18(9-14-27)26-21-19(7-6-10-23-21)22(29)28-11-4-3-5-12-28/h6-7,10,15-16,18H,2-5,8-9,11-14H2,1H3,(H,23,26). The van der Waals surface area contributed by atoms with Crippen LogP contribution in [0.25, 0.3) is 0 Å². The molecule has 0 atom stereocenters. The maximum atomic E-state index is 13.0. The number of carbonyl (C=O) groups is 1. The Bertz CT molecular complexity index is 828. The molecule has 2 aromatic heterocycles. The van der Waals surface area contributed by atoms with Crippen molar-refractivity contribution in [3.8, 4) is 0 Å². The van der Waals surface area contributed by atoms with Crippen molar-refractivity contribution in [1.82, 2.24) is 19.9 Å². The van der Waals surface area contributed by atoms with Crippen LogP contribution in [0.3, 0.4) is 0 Å². The van der Waals surface area contributed by atoms with Gasteiger partial charge in [0.1, 0.15) is 18.0 Å². The van der Waals surface area contributed by atoms with Crippen LogP contribution in [0.4, 0.5) is 11.6 Å². The Kier molecular flexibility index (Phi) is 6.22. The van der Waals surface area contributed by atoms with Gasteiger partial charge in [0.2, 0.25) is 0 Å². The van der Waals surface area contributed by atoms with Gasteiger partial charge < -0.3 is 15.1 Å². The number of piperidine rings is 2. The van der Waals surface area contributed by atoms with E-state index < -0.39 is 0 Å². The molecule has 0 aliphatic carbocycles. The lowest BCUT2D eigenvalue weighted by atomic mass is 10.0. The lowest BCUT2D eigenvalue weighted by Gasteiger charge is -2.34. The molecular weight excluding hydrogens is 364 g/mol. The number of anilines is 2. The molecule has 0 bridgehead atoms. The minimum atomic E-state index is 0.103. The fourth-order valence-electron chi connectivity index (χ4n) is 4.16. The SMILES string of the molecule is CCc1cc(N2CCC(Nc3ncccc3C(=O)N3CCCCC3)CC2)ncn1. The third-order valence-corrected chi connectivity index (χ3v) is 5.91. The van der Waals surface area contributed by atoms with E-state index in [2.05, 4.69) is 38.2 Å². The fraction of sp³-hybridized carbons (Fsp3) is 0.545. The number of hydrogen-bond acceptors (Lipinski definition) is 6. The van der Waals surface area contributed by atoms with E-state index in [0.29, 0.717) is 11.6 Å². The highest BCUT2D eigenvalue weighted by atomic mass is 16.2. The van der Waals surface area contributed by atoms with Crippen LogP contribution >= 0.6 is 0 Å². The molecule has 0 spiro atoms. The smallest absolute Gasteiger partial charge is 0.257 e. The predicted molar refractivity (Wildman–Crippen MR) is 114 cm³/mol. The third kappa shape index (κ3) is 4.66. The molecule has 0 radical (unpaired) electrons. The van der Waals surface area contributed by atoms with E-state index in [9.17, 15) is 4.79 Å². The number of amides is 1. The Hall–Kier alpha value is -2.70. The molecule has 2 aromatic rings. The molecule has 4 rings (SSSR count). The average Bonchev–Trinajstić information content (AvgIpc) is 2.80. The molecule has 29 heavy (non-hydrogen) atoms. The first-order valence-electron chi connectivity index (χ1n) is 10.8. The molecule has 2 fully saturated rings. The number of hydrogen-bond donors (Lipinski definition) is 1. The minimum absolute atomic E-state index is 0.103. The van der Waals surface area contributed by atoms with Crippen molar-refractivity contribution < 1.29 is 4.79 Å². The van der Waals surface area contributed by atoms with Gasteiger partial charge in [0.25, 0.3) is 5.91 Å². The monoisotopic (exact) mass is 394 g/mol. The van der Waals surface area contributed by atoms with Gasteiger partial charge in [-0.2, -0.15) is 0 Å². The Balaban J connectivity index is 1.39. The second kappa shape index (κ2) is 9.20. The van der Waals surface area contributed by atoms with Crippen molar-refractivity contribution in [2.24, 2.45) is 0 Å². The molecular formula is C22H30N6O. The molecule has 0 unspecified atom stereocenters. The van der Waals surface area contributed by atoms with Gasteiger partial charge in [0.05, 0.1) is 5.56 Å². The zero-order valence-corrected chi connectivity index (χ0v) is 17.2. The van der Waals surface area contributed by atoms with Crippen LogP contribution in [0.1, 0.15) is 55.1 Å². The van der Waals surface area contributed by atoms with E-state index in [4.69, 9.17) is 0 Å². The first-order valence-corrected chi connectivity index (χ1v) is 10.8. The van der Waals surface area contributed by atoms with Gasteiger partial charge in [-0.15, -0.1) is 0 Å². The number of rotatable bonds is 5. The number of pyridine rings is 1. The van der Waals surface area contributed by atoms with Crippen LogP contribution < -0.4 is 10.2 Å². The number of carbonyl (C=O) groups excluding carboxylic acids is 1. The van der Waals surface area contributed by atoms with Crippen LogP contribution in [-0.4, -0.2) is 58.0 Å². The highest BCUT2D eigenvalue weighted by Gasteiger charge is 2.25. The van der Waals surface area contributed by atoms with Crippen molar-refractivity contribution in [1.29, 1.82) is 0 Å². The van der Waals surface area contributed by atoms with E-state index in [0.717, 1.165) is 75.6 Å². The zero-order chi connectivity index (χ0) is 20.1. The largest absolute Gasteiger partial charge is 0.367 e. The molecule has 4 heterocycles. The molecule has 154 valence electrons. The highest BCUT2D eigenvalue weighted by molar-refractivity contribution is 5.98. The Labute approximate surface area is 172 Å². The second-order valence-corrected chi connectivity index (χ2v) is 7.88. The van der Waals surface area contributed by atoms with Gasteiger partial charge in [0, 0.05) is 50.2 Å². The van der Waals surface area contributed by atoms with Crippen molar-refractivity contribution in [3.63, 3.8) is 0 Å². The molecule has 1 N–H and O–H groups in total. The third-order valence-electron chi connectivity index (χ3n) is 5.91. The van der Waals surface area contributed by atoms with E-state index in [1.165, 1.54) is 6.42 Å². The lowest BCUT2D eigenvalue weighted by Crippen LogP contribution is -2.40. The summed E-state index contributed by atoms with van der Waals surface area (Å²) in [6.07, 6.45) is 9.71. The van der Waals surface area contributed by atoms with Crippen LogP contribution in [0, 0.1) is 0 Å². The summed E-state index contributed by atoms with van der Waals surface area (Å²) in [5.41, 5.74) is 1.77. The van der Waals surface area contributed by atoms with Gasteiger partial charge in [0.15, 0.2) is 0 Å². The second-order valence-electron chi connectivity index (χ2n) is 7.88. The normalized spacial score (nSPS) is 18.0. The Morgan fingerprint density at radius 1 is 1.10 bits per heavy atom. The van der Waals surface area contributed by atoms with Gasteiger partial charge in [-0.25, -0.2) is 15.0 Å². The summed E-state index contributed by atoms with van der Waals surface area (Å²) < 4.78 is 0. The molecule has 7 heteroatoms. The summed E-state index contributed by atoms with van der Waals surface area (Å²) in [7, 11) is 0. The quantitative estimate of drug-likeness (QED) is 0.840. The summed E-state index contributed by atoms with van der Waals surface area (Å²) in [4.78, 5) is 30.5. The van der Waals surface area contributed by atoms with Gasteiger partial charge in [-0.3, -0.25) is 4.79 Å². The molecule has 2 saturated heterocycles. The topological polar surface area (TPSA) is 74.2 Å². The van der Waals surface area contributed by atoms with E-state index in [-0.39, 0.29) is 5.91 Å². The maximum absolute atomic E-state index is 13.0. The van der Waals surface area contributed by atoms with Crippen LogP contribution in [0.15, 0.2) is 30.7 Å². The number of aryl methyl sites for hydroxylation is 1. The first-order chi connectivity index (χ1) is 14.2. The van der Waals surface area contributed by atoms with Gasteiger partial charge in [-0.1, -0.05) is 6.92 Å². The molecule has 2 aliphatic heterocycles. The van der Waals surface area contributed by atoms with Crippen molar-refractivity contribution >= 4 is 17.5 Å². The summed E-state index contributed by atoms with van der Waals surface area (Å²) in [5, 5.41) is 3.55. The van der Waals surface area contributed by atoms with E-state index >= 15 is 0 Å². The predicted octanol–water partition coefficient (Wildman–Crippen LogP) is 3.14. The first kappa shape index (κ1) is 19.6. The number of nitrogens with zero attached hydrogens (tertiary/aromatic N) is 5. The number of nitrogens with one attached hydrogen (secondary N) is 1. The molecule has 1 amide bonds. The maximum Gasteiger partial charge on any atom is 0.257 e. The highest BCUT2D eigenvalue weighted by Crippen LogP contribution is 2.23. The van der Waals surface area contributed by atoms with Crippen LogP contribution in [0.2, 0.25) is 0 Å². The lowest BCUT2D eigenvalue weighted by molar-refractivity contribution is 0.0725. The summed E-state index contributed by atoms with van der Waals surface area (Å²) in [6, 6.07) is 6.14. The van der Waals surface area contributed by atoms with E-state index in [1.807, 2.05) is 17.0 Å². The van der Waals surface area contributed by atoms with E-state index in [1.54, 1.807) is 12.5 Å². The van der Waals surface area contributed by atoms with Crippen LogP contribution in [-0.2, 0) is 6.42 Å². The average molecular weight is 395 g/mol. The summed E-state index contributed by atoms with van der Waals surface area (Å²) >= 11 is 0. The van der Waals surface area contributed by atoms with Crippen LogP contribution in [0.5, 0.6) is 0 Å². The number of aromatic nitrogens is 3. The Morgan fingerprint density at radius 2 is 1.90 bits per heavy atom.